The molecule has 9 heteroatoms. The van der Waals surface area contributed by atoms with Gasteiger partial charge in [-0.05, 0) is 55.4 Å². The number of nitrogens with zero attached hydrogens (tertiary/aromatic N) is 1. The molecule has 1 aliphatic heterocycles. The fourth-order valence-electron chi connectivity index (χ4n) is 3.49. The summed E-state index contributed by atoms with van der Waals surface area (Å²) in [6, 6.07) is 6.67. The number of halogens is 4. The third-order valence-electron chi connectivity index (χ3n) is 5.21. The Labute approximate surface area is 160 Å². The Bertz CT molecular complexity index is 901. The second-order valence-electron chi connectivity index (χ2n) is 7.12. The van der Waals surface area contributed by atoms with E-state index in [2.05, 4.69) is 10.3 Å². The number of nitrogens with two attached hydrogens (primary N) is 1. The van der Waals surface area contributed by atoms with Crippen molar-refractivity contribution in [3.05, 3.63) is 47.4 Å². The number of carbonyl (C=O) groups is 1. The van der Waals surface area contributed by atoms with Crippen LogP contribution in [0.3, 0.4) is 0 Å². The van der Waals surface area contributed by atoms with E-state index in [9.17, 15) is 22.4 Å². The highest BCUT2D eigenvalue weighted by atomic mass is 19.4. The summed E-state index contributed by atoms with van der Waals surface area (Å²) in [5, 5.41) is 2.54. The first-order chi connectivity index (χ1) is 13.1. The van der Waals surface area contributed by atoms with Gasteiger partial charge >= 0.3 is 6.18 Å². The summed E-state index contributed by atoms with van der Waals surface area (Å²) < 4.78 is 54.3. The van der Waals surface area contributed by atoms with Gasteiger partial charge in [0.25, 0.3) is 0 Å². The summed E-state index contributed by atoms with van der Waals surface area (Å²) in [5.41, 5.74) is 5.95. The van der Waals surface area contributed by atoms with Crippen molar-refractivity contribution in [1.29, 1.82) is 0 Å². The third-order valence-corrected chi connectivity index (χ3v) is 5.21. The molecule has 0 bridgehead atoms. The highest BCUT2D eigenvalue weighted by molar-refractivity contribution is 6.59. The van der Waals surface area contributed by atoms with E-state index in [0.717, 1.165) is 0 Å². The minimum Gasteiger partial charge on any atom is -0.369 e. The lowest BCUT2D eigenvalue weighted by Crippen LogP contribution is -2.38. The van der Waals surface area contributed by atoms with Crippen LogP contribution in [-0.4, -0.2) is 37.9 Å². The average molecular weight is 392 g/mol. The van der Waals surface area contributed by atoms with E-state index in [1.54, 1.807) is 14.2 Å². The molecule has 2 heterocycles. The monoisotopic (exact) mass is 392 g/mol. The van der Waals surface area contributed by atoms with Gasteiger partial charge in [0, 0.05) is 6.54 Å². The number of rotatable bonds is 5. The molecule has 0 spiro atoms. The maximum atomic E-state index is 13.7. The van der Waals surface area contributed by atoms with Crippen LogP contribution in [0, 0.1) is 5.82 Å². The smallest absolute Gasteiger partial charge is 0.369 e. The van der Waals surface area contributed by atoms with Gasteiger partial charge in [-0.1, -0.05) is 11.8 Å². The minimum atomic E-state index is -4.53. The van der Waals surface area contributed by atoms with E-state index in [4.69, 9.17) is 5.73 Å². The molecule has 147 valence electrons. The Balaban J connectivity index is 2.27. The summed E-state index contributed by atoms with van der Waals surface area (Å²) in [4.78, 5) is 16.4. The number of likely N-dealkylation sites (N-methyl/N-ethyl adjacent to an activating group) is 1. The van der Waals surface area contributed by atoms with Crippen LogP contribution < -0.4 is 16.5 Å². The second kappa shape index (κ2) is 7.20. The molecular weight excluding hydrogens is 373 g/mol. The molecule has 3 rings (SSSR count). The van der Waals surface area contributed by atoms with Crippen molar-refractivity contribution < 1.29 is 22.4 Å². The molecule has 1 aromatic carbocycles. The van der Waals surface area contributed by atoms with Crippen molar-refractivity contribution in [2.24, 2.45) is 5.73 Å². The highest BCUT2D eigenvalue weighted by Crippen LogP contribution is 2.39. The molecule has 1 amide bonds. The number of hydrogen-bond acceptors (Lipinski definition) is 3. The van der Waals surface area contributed by atoms with Gasteiger partial charge in [0.2, 0.25) is 5.91 Å². The zero-order chi connectivity index (χ0) is 20.7. The lowest BCUT2D eigenvalue weighted by atomic mass is 9.68. The topological polar surface area (TPSA) is 68.0 Å². The third kappa shape index (κ3) is 3.51. The summed E-state index contributed by atoms with van der Waals surface area (Å²) in [7, 11) is 3.17. The number of pyridine rings is 1. The summed E-state index contributed by atoms with van der Waals surface area (Å²) >= 11 is 0. The standard InChI is InChI=1S/C19H19BF4N3O/c1-18(17(25)28)9-20-15-12(18)7-14(13(8-26-2)19(22,23)24)27-16(15)10-3-5-11(21)6-4-10/h3-7,13,26H,8-9H2,1-2H3,(H2,25,28). The molecule has 0 fully saturated rings. The number of fused-ring (bicyclic) bond motifs is 1. The predicted octanol–water partition coefficient (Wildman–Crippen LogP) is 2.26. The van der Waals surface area contributed by atoms with E-state index >= 15 is 0 Å². The number of amides is 1. The van der Waals surface area contributed by atoms with Crippen molar-refractivity contribution in [1.82, 2.24) is 10.3 Å². The van der Waals surface area contributed by atoms with Gasteiger partial charge in [-0.3, -0.25) is 9.78 Å². The van der Waals surface area contributed by atoms with Gasteiger partial charge in [0.1, 0.15) is 11.7 Å². The molecule has 1 aromatic heterocycles. The first kappa shape index (κ1) is 20.3. The van der Waals surface area contributed by atoms with Crippen molar-refractivity contribution in [3.63, 3.8) is 0 Å². The van der Waals surface area contributed by atoms with Crippen molar-refractivity contribution >= 4 is 18.6 Å². The lowest BCUT2D eigenvalue weighted by Gasteiger charge is -2.26. The zero-order valence-electron chi connectivity index (χ0n) is 15.4. The highest BCUT2D eigenvalue weighted by Gasteiger charge is 2.45. The van der Waals surface area contributed by atoms with Crippen LogP contribution in [0.1, 0.15) is 24.1 Å². The first-order valence-corrected chi connectivity index (χ1v) is 8.73. The second-order valence-corrected chi connectivity index (χ2v) is 7.12. The normalized spacial score (nSPS) is 19.8. The van der Waals surface area contributed by atoms with Gasteiger partial charge < -0.3 is 11.1 Å². The molecule has 0 aliphatic carbocycles. The molecule has 2 atom stereocenters. The van der Waals surface area contributed by atoms with Crippen LogP contribution in [0.25, 0.3) is 11.3 Å². The quantitative estimate of drug-likeness (QED) is 0.606. The Morgan fingerprint density at radius 1 is 1.36 bits per heavy atom. The average Bonchev–Trinajstić information content (AvgIpc) is 2.97. The van der Waals surface area contributed by atoms with Crippen molar-refractivity contribution in [2.75, 3.05) is 13.6 Å². The van der Waals surface area contributed by atoms with Crippen molar-refractivity contribution in [2.45, 2.75) is 30.8 Å². The largest absolute Gasteiger partial charge is 0.398 e. The molecule has 0 saturated carbocycles. The SMILES string of the molecule is CNCC(c1cc2c(c(-c3ccc(F)cc3)n1)[B]CC2(C)C(N)=O)C(F)(F)F. The molecular formula is C19H19BF4N3O. The lowest BCUT2D eigenvalue weighted by molar-refractivity contribution is -0.150. The van der Waals surface area contributed by atoms with Crippen LogP contribution in [0.4, 0.5) is 17.6 Å². The van der Waals surface area contributed by atoms with Gasteiger partial charge in [0.15, 0.2) is 7.28 Å². The van der Waals surface area contributed by atoms with E-state index in [-0.39, 0.29) is 24.3 Å². The molecule has 1 radical (unpaired) electrons. The minimum absolute atomic E-state index is 0.206. The van der Waals surface area contributed by atoms with E-state index in [1.165, 1.54) is 37.4 Å². The maximum absolute atomic E-state index is 13.7. The summed E-state index contributed by atoms with van der Waals surface area (Å²) in [6.45, 7) is 1.24. The fourth-order valence-corrected chi connectivity index (χ4v) is 3.49. The number of benzene rings is 1. The Kier molecular flexibility index (Phi) is 5.22. The number of carbonyl (C=O) groups excluding carboxylic acids is 1. The summed E-state index contributed by atoms with van der Waals surface area (Å²) in [5.74, 6) is -2.95. The number of nitrogens with one attached hydrogen (secondary N) is 1. The molecule has 1 aliphatic rings. The first-order valence-electron chi connectivity index (χ1n) is 8.73. The van der Waals surface area contributed by atoms with Crippen LogP contribution in [0.15, 0.2) is 30.3 Å². The molecule has 28 heavy (non-hydrogen) atoms. The van der Waals surface area contributed by atoms with Gasteiger partial charge in [-0.25, -0.2) is 4.39 Å². The zero-order valence-corrected chi connectivity index (χ0v) is 15.4. The number of primary amides is 1. The molecule has 0 saturated heterocycles. The predicted molar refractivity (Wildman–Crippen MR) is 99.1 cm³/mol. The van der Waals surface area contributed by atoms with Gasteiger partial charge in [-0.2, -0.15) is 13.2 Å². The van der Waals surface area contributed by atoms with E-state index < -0.39 is 29.2 Å². The number of aromatic nitrogens is 1. The van der Waals surface area contributed by atoms with Crippen LogP contribution in [-0.2, 0) is 10.2 Å². The Morgan fingerprint density at radius 2 is 2.00 bits per heavy atom. The summed E-state index contributed by atoms with van der Waals surface area (Å²) in [6.07, 6.45) is -4.27. The van der Waals surface area contributed by atoms with Crippen molar-refractivity contribution in [3.8, 4) is 11.3 Å². The molecule has 2 aromatic rings. The van der Waals surface area contributed by atoms with Crippen LogP contribution in [0.2, 0.25) is 6.32 Å². The molecule has 3 N–H and O–H groups in total. The van der Waals surface area contributed by atoms with E-state index in [1.807, 2.05) is 0 Å². The molecule has 4 nitrogen and oxygen atoms in total. The van der Waals surface area contributed by atoms with Gasteiger partial charge in [-0.15, -0.1) is 0 Å². The fraction of sp³-hybridized carbons (Fsp3) is 0.368. The Hall–Kier alpha value is -2.42. The van der Waals surface area contributed by atoms with E-state index in [0.29, 0.717) is 16.6 Å². The Morgan fingerprint density at radius 3 is 2.54 bits per heavy atom. The number of alkyl halides is 3. The number of hydrogen-bond donors (Lipinski definition) is 2. The van der Waals surface area contributed by atoms with Crippen LogP contribution in [0.5, 0.6) is 0 Å². The maximum Gasteiger partial charge on any atom is 0.398 e. The molecule has 2 unspecified atom stereocenters. The van der Waals surface area contributed by atoms with Gasteiger partial charge in [0.05, 0.1) is 16.8 Å². The van der Waals surface area contributed by atoms with Crippen LogP contribution >= 0.6 is 0 Å².